The van der Waals surface area contributed by atoms with Gasteiger partial charge in [0.05, 0.1) is 22.2 Å². The van der Waals surface area contributed by atoms with Crippen molar-refractivity contribution in [3.63, 3.8) is 0 Å². The van der Waals surface area contributed by atoms with Gasteiger partial charge in [-0.2, -0.15) is 4.31 Å². The molecule has 0 saturated carbocycles. The third-order valence-electron chi connectivity index (χ3n) is 3.49. The molecule has 116 valence electrons. The molecule has 1 aliphatic rings. The monoisotopic (exact) mass is 331 g/mol. The number of nitrogen functional groups attached to an aromatic ring is 1. The van der Waals surface area contributed by atoms with Gasteiger partial charge in [0.25, 0.3) is 0 Å². The van der Waals surface area contributed by atoms with Gasteiger partial charge in [0.15, 0.2) is 0 Å². The van der Waals surface area contributed by atoms with Crippen LogP contribution in [0.5, 0.6) is 0 Å². The second-order valence-electron chi connectivity index (χ2n) is 5.03. The number of likely N-dealkylation sites (tertiary alicyclic amines) is 1. The van der Waals surface area contributed by atoms with Crippen LogP contribution in [0.1, 0.15) is 12.8 Å². The number of nitrogens with zero attached hydrogens (tertiary/aromatic N) is 2. The molecule has 1 heterocycles. The van der Waals surface area contributed by atoms with E-state index >= 15 is 0 Å². The number of benzene rings is 1. The smallest absolute Gasteiger partial charge is 0.243 e. The van der Waals surface area contributed by atoms with E-state index in [-0.39, 0.29) is 23.0 Å². The van der Waals surface area contributed by atoms with Crippen LogP contribution >= 0.6 is 11.6 Å². The number of nitrogens with two attached hydrogens (primary N) is 1. The number of halogens is 1. The molecule has 1 aromatic carbocycles. The minimum Gasteiger partial charge on any atom is -0.397 e. The van der Waals surface area contributed by atoms with Crippen LogP contribution in [0.25, 0.3) is 0 Å². The Morgan fingerprint density at radius 3 is 2.57 bits per heavy atom. The predicted molar refractivity (Wildman–Crippen MR) is 81.5 cm³/mol. The highest BCUT2D eigenvalue weighted by Gasteiger charge is 2.26. The zero-order chi connectivity index (χ0) is 15.6. The summed E-state index contributed by atoms with van der Waals surface area (Å²) >= 11 is 5.79. The van der Waals surface area contributed by atoms with Gasteiger partial charge in [0, 0.05) is 20.1 Å². The Kier molecular flexibility index (Phi) is 4.75. The Balaban J connectivity index is 2.14. The van der Waals surface area contributed by atoms with Gasteiger partial charge in [0.1, 0.15) is 0 Å². The fraction of sp³-hybridized carbons (Fsp3) is 0.462. The standard InChI is InChI=1S/C13H18ClN3O3S/c1-16(9-13(18)17-6-2-3-7-17)21(19,20)10-4-5-11(14)12(15)8-10/h4-5,8H,2-3,6-7,9,15H2,1H3. The van der Waals surface area contributed by atoms with Gasteiger partial charge in [-0.3, -0.25) is 4.79 Å². The molecule has 0 aliphatic carbocycles. The number of hydrogen-bond acceptors (Lipinski definition) is 4. The van der Waals surface area contributed by atoms with E-state index in [2.05, 4.69) is 0 Å². The number of carbonyl (C=O) groups excluding carboxylic acids is 1. The average Bonchev–Trinajstić information content (AvgIpc) is 2.95. The first-order chi connectivity index (χ1) is 9.82. The molecule has 1 amide bonds. The summed E-state index contributed by atoms with van der Waals surface area (Å²) in [6.45, 7) is 1.21. The zero-order valence-electron chi connectivity index (χ0n) is 11.8. The van der Waals surface area contributed by atoms with Crippen LogP contribution in [0.15, 0.2) is 23.1 Å². The molecule has 0 bridgehead atoms. The van der Waals surface area contributed by atoms with Crippen molar-refractivity contribution in [1.29, 1.82) is 0 Å². The zero-order valence-corrected chi connectivity index (χ0v) is 13.3. The molecule has 1 aromatic rings. The maximum atomic E-state index is 12.4. The minimum atomic E-state index is -3.76. The first-order valence-electron chi connectivity index (χ1n) is 6.61. The van der Waals surface area contributed by atoms with Crippen LogP contribution in [-0.4, -0.2) is 50.2 Å². The van der Waals surface area contributed by atoms with Crippen molar-refractivity contribution in [3.8, 4) is 0 Å². The number of hydrogen-bond donors (Lipinski definition) is 1. The second-order valence-corrected chi connectivity index (χ2v) is 7.48. The van der Waals surface area contributed by atoms with Crippen LogP contribution in [0, 0.1) is 0 Å². The lowest BCUT2D eigenvalue weighted by molar-refractivity contribution is -0.130. The minimum absolute atomic E-state index is 0.0288. The lowest BCUT2D eigenvalue weighted by atomic mass is 10.3. The van der Waals surface area contributed by atoms with E-state index in [1.165, 1.54) is 25.2 Å². The fourth-order valence-electron chi connectivity index (χ4n) is 2.20. The fourth-order valence-corrected chi connectivity index (χ4v) is 3.48. The molecule has 0 aromatic heterocycles. The summed E-state index contributed by atoms with van der Waals surface area (Å²) in [6.07, 6.45) is 1.94. The first-order valence-corrected chi connectivity index (χ1v) is 8.43. The van der Waals surface area contributed by atoms with Crippen LogP contribution in [0.3, 0.4) is 0 Å². The number of amides is 1. The van der Waals surface area contributed by atoms with Gasteiger partial charge in [-0.25, -0.2) is 8.42 Å². The van der Waals surface area contributed by atoms with E-state index in [1.807, 2.05) is 0 Å². The molecule has 8 heteroatoms. The van der Waals surface area contributed by atoms with E-state index in [0.29, 0.717) is 18.1 Å². The van der Waals surface area contributed by atoms with Gasteiger partial charge in [-0.1, -0.05) is 11.6 Å². The maximum absolute atomic E-state index is 12.4. The van der Waals surface area contributed by atoms with Crippen molar-refractivity contribution in [3.05, 3.63) is 23.2 Å². The molecule has 0 spiro atoms. The van der Waals surface area contributed by atoms with Gasteiger partial charge < -0.3 is 10.6 Å². The third kappa shape index (κ3) is 3.48. The molecule has 0 unspecified atom stereocenters. The van der Waals surface area contributed by atoms with Crippen molar-refractivity contribution < 1.29 is 13.2 Å². The quantitative estimate of drug-likeness (QED) is 0.839. The Hall–Kier alpha value is -1.31. The summed E-state index contributed by atoms with van der Waals surface area (Å²) < 4.78 is 25.8. The van der Waals surface area contributed by atoms with Crippen molar-refractivity contribution in [2.45, 2.75) is 17.7 Å². The van der Waals surface area contributed by atoms with Crippen LogP contribution in [-0.2, 0) is 14.8 Å². The van der Waals surface area contributed by atoms with E-state index in [4.69, 9.17) is 17.3 Å². The third-order valence-corrected chi connectivity index (χ3v) is 5.64. The van der Waals surface area contributed by atoms with Crippen molar-refractivity contribution in [2.75, 3.05) is 32.4 Å². The molecule has 0 radical (unpaired) electrons. The Labute approximate surface area is 129 Å². The van der Waals surface area contributed by atoms with Crippen molar-refractivity contribution >= 4 is 33.2 Å². The lowest BCUT2D eigenvalue weighted by Crippen LogP contribution is -2.39. The number of likely N-dealkylation sites (N-methyl/N-ethyl adjacent to an activating group) is 1. The van der Waals surface area contributed by atoms with E-state index < -0.39 is 10.0 Å². The molecular formula is C13H18ClN3O3S. The Bertz CT molecular complexity index is 642. The van der Waals surface area contributed by atoms with E-state index in [1.54, 1.807) is 4.90 Å². The molecule has 2 N–H and O–H groups in total. The largest absolute Gasteiger partial charge is 0.397 e. The summed E-state index contributed by atoms with van der Waals surface area (Å²) in [5, 5.41) is 0.296. The molecule has 6 nitrogen and oxygen atoms in total. The normalized spacial score (nSPS) is 15.7. The number of carbonyl (C=O) groups is 1. The Morgan fingerprint density at radius 2 is 2.00 bits per heavy atom. The topological polar surface area (TPSA) is 83.7 Å². The van der Waals surface area contributed by atoms with Gasteiger partial charge in [-0.15, -0.1) is 0 Å². The number of anilines is 1. The van der Waals surface area contributed by atoms with Crippen molar-refractivity contribution in [1.82, 2.24) is 9.21 Å². The molecule has 2 rings (SSSR count). The second kappa shape index (κ2) is 6.21. The summed E-state index contributed by atoms with van der Waals surface area (Å²) in [4.78, 5) is 13.7. The number of sulfonamides is 1. The Morgan fingerprint density at radius 1 is 1.38 bits per heavy atom. The molecule has 1 saturated heterocycles. The first kappa shape index (κ1) is 16.1. The van der Waals surface area contributed by atoms with Gasteiger partial charge >= 0.3 is 0 Å². The van der Waals surface area contributed by atoms with Crippen LogP contribution in [0.2, 0.25) is 5.02 Å². The molecule has 1 fully saturated rings. The highest BCUT2D eigenvalue weighted by molar-refractivity contribution is 7.89. The highest BCUT2D eigenvalue weighted by atomic mass is 35.5. The number of rotatable bonds is 4. The molecular weight excluding hydrogens is 314 g/mol. The summed E-state index contributed by atoms with van der Waals surface area (Å²) in [5.74, 6) is -0.180. The molecule has 21 heavy (non-hydrogen) atoms. The van der Waals surface area contributed by atoms with E-state index in [9.17, 15) is 13.2 Å². The summed E-state index contributed by atoms with van der Waals surface area (Å²) in [5.41, 5.74) is 5.82. The van der Waals surface area contributed by atoms with E-state index in [0.717, 1.165) is 17.1 Å². The van der Waals surface area contributed by atoms with Crippen LogP contribution < -0.4 is 5.73 Å². The van der Waals surface area contributed by atoms with Crippen LogP contribution in [0.4, 0.5) is 5.69 Å². The highest BCUT2D eigenvalue weighted by Crippen LogP contribution is 2.24. The molecule has 1 aliphatic heterocycles. The maximum Gasteiger partial charge on any atom is 0.243 e. The lowest BCUT2D eigenvalue weighted by Gasteiger charge is -2.21. The van der Waals surface area contributed by atoms with Gasteiger partial charge in [-0.05, 0) is 31.0 Å². The van der Waals surface area contributed by atoms with Crippen molar-refractivity contribution in [2.24, 2.45) is 0 Å². The van der Waals surface area contributed by atoms with Gasteiger partial charge in [0.2, 0.25) is 15.9 Å². The average molecular weight is 332 g/mol. The predicted octanol–water partition coefficient (Wildman–Crippen LogP) is 1.17. The summed E-state index contributed by atoms with van der Waals surface area (Å²) in [6, 6.07) is 4.11. The summed E-state index contributed by atoms with van der Waals surface area (Å²) in [7, 11) is -2.37. The molecule has 0 atom stereocenters. The SMILES string of the molecule is CN(CC(=O)N1CCCC1)S(=O)(=O)c1ccc(Cl)c(N)c1.